The first-order valence-corrected chi connectivity index (χ1v) is 9.19. The van der Waals surface area contributed by atoms with E-state index >= 15 is 0 Å². The van der Waals surface area contributed by atoms with Gasteiger partial charge >= 0.3 is 5.97 Å². The molecule has 2 fully saturated rings. The summed E-state index contributed by atoms with van der Waals surface area (Å²) in [6.07, 6.45) is 1.81. The normalized spacial score (nSPS) is 32.7. The highest BCUT2D eigenvalue weighted by Gasteiger charge is 2.68. The van der Waals surface area contributed by atoms with E-state index in [1.165, 1.54) is 11.1 Å². The van der Waals surface area contributed by atoms with E-state index in [0.717, 1.165) is 18.4 Å². The molecule has 2 aromatic rings. The molecule has 6 rings (SSSR count). The number of carboxylic acids is 1. The molecule has 2 aromatic carbocycles. The van der Waals surface area contributed by atoms with Gasteiger partial charge in [0.25, 0.3) is 0 Å². The highest BCUT2D eigenvalue weighted by atomic mass is 35.5. The van der Waals surface area contributed by atoms with Crippen molar-refractivity contribution in [2.24, 2.45) is 11.3 Å². The maximum absolute atomic E-state index is 12.6. The summed E-state index contributed by atoms with van der Waals surface area (Å²) in [6.45, 7) is 1.22. The van der Waals surface area contributed by atoms with Gasteiger partial charge in [0, 0.05) is 30.3 Å². The Hall–Kier alpha value is -2.35. The number of halogens is 1. The van der Waals surface area contributed by atoms with Gasteiger partial charge in [0.2, 0.25) is 0 Å². The molecule has 4 unspecified atom stereocenters. The Balaban J connectivity index is 0.00000180. The number of carbonyl (C=O) groups is 1. The number of rotatable bonds is 2. The molecule has 138 valence electrons. The predicted molar refractivity (Wildman–Crippen MR) is 104 cm³/mol. The zero-order valence-electron chi connectivity index (χ0n) is 14.8. The van der Waals surface area contributed by atoms with E-state index in [0.29, 0.717) is 18.7 Å². The van der Waals surface area contributed by atoms with Crippen molar-refractivity contribution in [2.75, 3.05) is 13.1 Å². The highest BCUT2D eigenvalue weighted by Crippen LogP contribution is 2.67. The minimum absolute atomic E-state index is 0. The average Bonchev–Trinajstić information content (AvgIpc) is 3.16. The van der Waals surface area contributed by atoms with Crippen LogP contribution in [0.1, 0.15) is 41.0 Å². The molecular weight excluding hydrogens is 360 g/mol. The molecule has 0 amide bonds. The molecule has 5 heteroatoms. The summed E-state index contributed by atoms with van der Waals surface area (Å²) in [5.41, 5.74) is 3.05. The van der Waals surface area contributed by atoms with Crippen LogP contribution in [-0.2, 0) is 10.2 Å². The Bertz CT molecular complexity index is 969. The first-order valence-electron chi connectivity index (χ1n) is 9.19. The lowest BCUT2D eigenvalue weighted by Gasteiger charge is -2.59. The van der Waals surface area contributed by atoms with Crippen molar-refractivity contribution >= 4 is 18.4 Å². The lowest BCUT2D eigenvalue weighted by Crippen LogP contribution is -2.60. The van der Waals surface area contributed by atoms with E-state index in [4.69, 9.17) is 0 Å². The van der Waals surface area contributed by atoms with Crippen molar-refractivity contribution in [2.45, 2.75) is 24.2 Å². The largest absolute Gasteiger partial charge is 0.481 e. The van der Waals surface area contributed by atoms with Crippen LogP contribution >= 0.6 is 12.4 Å². The topological polar surface area (TPSA) is 73.1 Å². The van der Waals surface area contributed by atoms with Crippen molar-refractivity contribution in [3.63, 3.8) is 0 Å². The number of carboxylic acid groups (broad SMARTS) is 1. The van der Waals surface area contributed by atoms with E-state index in [2.05, 4.69) is 35.7 Å². The fraction of sp³-hybridized carbons (Fsp3) is 0.364. The van der Waals surface area contributed by atoms with Crippen molar-refractivity contribution in [3.8, 4) is 6.07 Å². The second-order valence-electron chi connectivity index (χ2n) is 7.87. The maximum Gasteiger partial charge on any atom is 0.311 e. The van der Waals surface area contributed by atoms with Crippen LogP contribution in [0.3, 0.4) is 0 Å². The average molecular weight is 381 g/mol. The third kappa shape index (κ3) is 2.04. The van der Waals surface area contributed by atoms with Crippen LogP contribution in [0.4, 0.5) is 0 Å². The Labute approximate surface area is 164 Å². The first-order chi connectivity index (χ1) is 12.6. The van der Waals surface area contributed by atoms with Gasteiger partial charge in [0.1, 0.15) is 0 Å². The lowest BCUT2D eigenvalue weighted by molar-refractivity contribution is -0.157. The third-order valence-corrected chi connectivity index (χ3v) is 7.15. The van der Waals surface area contributed by atoms with Gasteiger partial charge in [0.15, 0.2) is 0 Å². The highest BCUT2D eigenvalue weighted by molar-refractivity contribution is 5.85. The lowest BCUT2D eigenvalue weighted by atomic mass is 9.42. The molecule has 0 radical (unpaired) electrons. The monoisotopic (exact) mass is 380 g/mol. The van der Waals surface area contributed by atoms with Crippen LogP contribution in [0.2, 0.25) is 0 Å². The summed E-state index contributed by atoms with van der Waals surface area (Å²) >= 11 is 0. The fourth-order valence-electron chi connectivity index (χ4n) is 6.22. The smallest absolute Gasteiger partial charge is 0.311 e. The third-order valence-electron chi connectivity index (χ3n) is 7.15. The molecule has 1 heterocycles. The standard InChI is InChI=1S/C22H20N2O2.ClH/c23-11-14-4-3-5-15(10-14)21-9-8-18(16-6-1-2-7-17(16)21)22(20(25)26)13-24-12-19(21)22;/h1-7,10,18-19,24H,8-9,12-13H2,(H,25,26);1H. The van der Waals surface area contributed by atoms with Crippen LogP contribution < -0.4 is 5.32 Å². The minimum Gasteiger partial charge on any atom is -0.481 e. The molecule has 3 aliphatic carbocycles. The van der Waals surface area contributed by atoms with Crippen LogP contribution in [0.15, 0.2) is 48.5 Å². The molecule has 27 heavy (non-hydrogen) atoms. The number of hydrogen-bond donors (Lipinski definition) is 2. The molecule has 2 N–H and O–H groups in total. The fourth-order valence-corrected chi connectivity index (χ4v) is 6.22. The number of nitrogens with zero attached hydrogens (tertiary/aromatic N) is 1. The van der Waals surface area contributed by atoms with Crippen molar-refractivity contribution in [3.05, 3.63) is 70.8 Å². The second-order valence-corrected chi connectivity index (χ2v) is 7.87. The SMILES string of the molecule is Cl.N#Cc1cccc(C23CCC(c4ccccc42)C2(C(=O)O)CNCC32)c1. The van der Waals surface area contributed by atoms with Gasteiger partial charge in [-0.05, 0) is 41.7 Å². The Morgan fingerprint density at radius 1 is 1.22 bits per heavy atom. The summed E-state index contributed by atoms with van der Waals surface area (Å²) in [4.78, 5) is 12.6. The second kappa shape index (κ2) is 6.09. The van der Waals surface area contributed by atoms with Gasteiger partial charge in [-0.1, -0.05) is 36.4 Å². The van der Waals surface area contributed by atoms with Gasteiger partial charge in [0.05, 0.1) is 17.0 Å². The number of hydrogen-bond acceptors (Lipinski definition) is 3. The number of nitriles is 1. The van der Waals surface area contributed by atoms with Crippen LogP contribution in [0.25, 0.3) is 0 Å². The van der Waals surface area contributed by atoms with E-state index in [1.54, 1.807) is 0 Å². The van der Waals surface area contributed by atoms with Crippen LogP contribution in [-0.4, -0.2) is 24.2 Å². The molecule has 1 aliphatic heterocycles. The number of fused-ring (bicyclic) bond motifs is 1. The molecule has 1 saturated heterocycles. The number of nitrogens with one attached hydrogen (secondary N) is 1. The molecule has 4 nitrogen and oxygen atoms in total. The molecule has 0 aromatic heterocycles. The van der Waals surface area contributed by atoms with Crippen molar-refractivity contribution in [1.82, 2.24) is 5.32 Å². The number of benzene rings is 2. The quantitative estimate of drug-likeness (QED) is 0.836. The molecule has 1 saturated carbocycles. The van der Waals surface area contributed by atoms with Gasteiger partial charge in [-0.25, -0.2) is 0 Å². The summed E-state index contributed by atoms with van der Waals surface area (Å²) in [5.74, 6) is -0.639. The summed E-state index contributed by atoms with van der Waals surface area (Å²) < 4.78 is 0. The van der Waals surface area contributed by atoms with E-state index in [-0.39, 0.29) is 29.7 Å². The van der Waals surface area contributed by atoms with E-state index in [1.807, 2.05) is 24.3 Å². The summed E-state index contributed by atoms with van der Waals surface area (Å²) in [5, 5.41) is 23.1. The zero-order valence-corrected chi connectivity index (χ0v) is 15.6. The van der Waals surface area contributed by atoms with Crippen molar-refractivity contribution in [1.29, 1.82) is 5.26 Å². The van der Waals surface area contributed by atoms with E-state index < -0.39 is 11.4 Å². The molecule has 4 aliphatic rings. The predicted octanol–water partition coefficient (Wildman–Crippen LogP) is 3.45. The van der Waals surface area contributed by atoms with Gasteiger partial charge in [-0.3, -0.25) is 4.79 Å². The molecule has 0 spiro atoms. The van der Waals surface area contributed by atoms with Gasteiger partial charge in [-0.2, -0.15) is 5.26 Å². The van der Waals surface area contributed by atoms with E-state index in [9.17, 15) is 15.2 Å². The minimum atomic E-state index is -0.769. The van der Waals surface area contributed by atoms with Gasteiger partial charge < -0.3 is 10.4 Å². The molecule has 2 bridgehead atoms. The number of aliphatic carboxylic acids is 1. The van der Waals surface area contributed by atoms with Crippen LogP contribution in [0.5, 0.6) is 0 Å². The summed E-state index contributed by atoms with van der Waals surface area (Å²) in [7, 11) is 0. The summed E-state index contributed by atoms with van der Waals surface area (Å²) in [6, 6.07) is 18.4. The Morgan fingerprint density at radius 3 is 2.81 bits per heavy atom. The maximum atomic E-state index is 12.6. The molecule has 4 atom stereocenters. The Morgan fingerprint density at radius 2 is 2.04 bits per heavy atom. The zero-order chi connectivity index (χ0) is 17.9. The van der Waals surface area contributed by atoms with Crippen molar-refractivity contribution < 1.29 is 9.90 Å². The van der Waals surface area contributed by atoms with Crippen LogP contribution in [0, 0.1) is 22.7 Å². The molecular formula is C22H21ClN2O2. The van der Waals surface area contributed by atoms with Gasteiger partial charge in [-0.15, -0.1) is 12.4 Å². The Kier molecular flexibility index (Phi) is 4.06. The first kappa shape index (κ1) is 18.0.